The van der Waals surface area contributed by atoms with Crippen LogP contribution in [-0.2, 0) is 19.5 Å². The predicted octanol–water partition coefficient (Wildman–Crippen LogP) is 1.35. The van der Waals surface area contributed by atoms with Gasteiger partial charge in [-0.25, -0.2) is 0 Å². The summed E-state index contributed by atoms with van der Waals surface area (Å²) in [6.45, 7) is 3.25. The third-order valence-corrected chi connectivity index (χ3v) is 4.49. The van der Waals surface area contributed by atoms with Gasteiger partial charge in [0.25, 0.3) is 0 Å². The Morgan fingerprint density at radius 1 is 1.05 bits per heavy atom. The summed E-state index contributed by atoms with van der Waals surface area (Å²) in [6, 6.07) is 0.305. The average molecular weight is 264 g/mol. The lowest BCUT2D eigenvalue weighted by Crippen LogP contribution is -2.37. The molecule has 0 spiro atoms. The zero-order valence-corrected chi connectivity index (χ0v) is 11.6. The Morgan fingerprint density at radius 3 is 2.84 bits per heavy atom. The second kappa shape index (κ2) is 6.01. The van der Waals surface area contributed by atoms with Gasteiger partial charge in [-0.2, -0.15) is 0 Å². The van der Waals surface area contributed by atoms with E-state index in [9.17, 15) is 5.11 Å². The summed E-state index contributed by atoms with van der Waals surface area (Å²) in [6.07, 6.45) is 8.40. The maximum absolute atomic E-state index is 9.57. The van der Waals surface area contributed by atoms with Crippen molar-refractivity contribution < 1.29 is 5.11 Å². The van der Waals surface area contributed by atoms with Crippen molar-refractivity contribution in [1.82, 2.24) is 19.7 Å². The lowest BCUT2D eigenvalue weighted by atomic mass is 10.1. The highest BCUT2D eigenvalue weighted by Gasteiger charge is 2.23. The molecule has 0 amide bonds. The fourth-order valence-corrected chi connectivity index (χ4v) is 3.32. The van der Waals surface area contributed by atoms with Gasteiger partial charge in [0.2, 0.25) is 0 Å². The molecular weight excluding hydrogens is 240 g/mol. The molecule has 0 aromatic carbocycles. The van der Waals surface area contributed by atoms with Crippen molar-refractivity contribution in [1.29, 1.82) is 0 Å². The van der Waals surface area contributed by atoms with Crippen molar-refractivity contribution >= 4 is 0 Å². The van der Waals surface area contributed by atoms with E-state index in [2.05, 4.69) is 19.7 Å². The first-order valence-corrected chi connectivity index (χ1v) is 7.64. The topological polar surface area (TPSA) is 54.2 Å². The molecule has 19 heavy (non-hydrogen) atoms. The molecule has 5 heteroatoms. The molecule has 1 saturated heterocycles. The molecule has 1 unspecified atom stereocenters. The number of aromatic nitrogens is 3. The van der Waals surface area contributed by atoms with Gasteiger partial charge in [0.15, 0.2) is 0 Å². The molecule has 0 saturated carbocycles. The van der Waals surface area contributed by atoms with Crippen molar-refractivity contribution in [2.75, 3.05) is 13.2 Å². The fraction of sp³-hybridized carbons (Fsp3) is 0.857. The maximum atomic E-state index is 9.57. The van der Waals surface area contributed by atoms with E-state index in [0.29, 0.717) is 6.04 Å². The Hall–Kier alpha value is -0.940. The van der Waals surface area contributed by atoms with Gasteiger partial charge in [0, 0.05) is 19.0 Å². The molecule has 0 bridgehead atoms. The molecule has 2 aliphatic heterocycles. The van der Waals surface area contributed by atoms with E-state index >= 15 is 0 Å². The molecule has 3 heterocycles. The third kappa shape index (κ3) is 2.82. The number of hydrogen-bond donors (Lipinski definition) is 1. The molecule has 106 valence electrons. The Labute approximate surface area is 114 Å². The van der Waals surface area contributed by atoms with E-state index in [1.54, 1.807) is 0 Å². The highest BCUT2D eigenvalue weighted by Crippen LogP contribution is 2.20. The summed E-state index contributed by atoms with van der Waals surface area (Å²) in [4.78, 5) is 2.40. The minimum absolute atomic E-state index is 0.265. The molecule has 2 aliphatic rings. The van der Waals surface area contributed by atoms with Crippen LogP contribution in [0.4, 0.5) is 0 Å². The zero-order chi connectivity index (χ0) is 13.1. The van der Waals surface area contributed by atoms with Crippen LogP contribution < -0.4 is 0 Å². The van der Waals surface area contributed by atoms with Gasteiger partial charge in [-0.3, -0.25) is 4.90 Å². The normalized spacial score (nSPS) is 25.0. The molecule has 1 N–H and O–H groups in total. The number of aliphatic hydroxyl groups excluding tert-OH is 1. The van der Waals surface area contributed by atoms with Crippen LogP contribution in [0, 0.1) is 0 Å². The summed E-state index contributed by atoms with van der Waals surface area (Å²) in [5.74, 6) is 2.24. The van der Waals surface area contributed by atoms with Crippen molar-refractivity contribution in [2.24, 2.45) is 0 Å². The third-order valence-electron chi connectivity index (χ3n) is 4.49. The first-order valence-electron chi connectivity index (χ1n) is 7.64. The number of fused-ring (bicyclic) bond motifs is 1. The quantitative estimate of drug-likeness (QED) is 0.895. The van der Waals surface area contributed by atoms with E-state index in [1.807, 2.05) is 0 Å². The maximum Gasteiger partial charge on any atom is 0.147 e. The number of likely N-dealkylation sites (tertiary alicyclic amines) is 1. The van der Waals surface area contributed by atoms with Gasteiger partial charge in [-0.15, -0.1) is 10.2 Å². The smallest absolute Gasteiger partial charge is 0.147 e. The molecule has 0 aliphatic carbocycles. The highest BCUT2D eigenvalue weighted by atomic mass is 16.3. The minimum Gasteiger partial charge on any atom is -0.395 e. The van der Waals surface area contributed by atoms with E-state index in [-0.39, 0.29) is 6.61 Å². The van der Waals surface area contributed by atoms with Crippen molar-refractivity contribution in [2.45, 2.75) is 64.1 Å². The Balaban J connectivity index is 1.73. The fourth-order valence-electron chi connectivity index (χ4n) is 3.32. The number of rotatable bonds is 3. The SMILES string of the molecule is OCC1CCCCCN1Cc1nnc2n1CCCC2. The molecule has 0 radical (unpaired) electrons. The van der Waals surface area contributed by atoms with Crippen LogP contribution in [0.1, 0.15) is 50.2 Å². The molecule has 1 fully saturated rings. The summed E-state index contributed by atoms with van der Waals surface area (Å²) in [5.41, 5.74) is 0. The van der Waals surface area contributed by atoms with Gasteiger partial charge >= 0.3 is 0 Å². The molecule has 1 aromatic rings. The van der Waals surface area contributed by atoms with Gasteiger partial charge in [-0.1, -0.05) is 12.8 Å². The number of hydrogen-bond acceptors (Lipinski definition) is 4. The molecule has 3 rings (SSSR count). The largest absolute Gasteiger partial charge is 0.395 e. The summed E-state index contributed by atoms with van der Waals surface area (Å²) in [5, 5.41) is 18.3. The Bertz CT molecular complexity index is 418. The molecular formula is C14H24N4O. The molecule has 1 aromatic heterocycles. The summed E-state index contributed by atoms with van der Waals surface area (Å²) in [7, 11) is 0. The first-order chi connectivity index (χ1) is 9.38. The van der Waals surface area contributed by atoms with E-state index in [4.69, 9.17) is 0 Å². The standard InChI is InChI=1S/C14H24N4O/c19-11-12-6-2-1-4-8-17(12)10-14-16-15-13-7-3-5-9-18(13)14/h12,19H,1-11H2. The van der Waals surface area contributed by atoms with Crippen molar-refractivity contribution in [3.05, 3.63) is 11.6 Å². The molecule has 1 atom stereocenters. The van der Waals surface area contributed by atoms with Crippen LogP contribution in [0.15, 0.2) is 0 Å². The van der Waals surface area contributed by atoms with Crippen LogP contribution in [0.3, 0.4) is 0 Å². The van der Waals surface area contributed by atoms with Crippen LogP contribution in [0.25, 0.3) is 0 Å². The zero-order valence-electron chi connectivity index (χ0n) is 11.6. The Kier molecular flexibility index (Phi) is 4.13. The van der Waals surface area contributed by atoms with Crippen molar-refractivity contribution in [3.8, 4) is 0 Å². The van der Waals surface area contributed by atoms with Crippen LogP contribution >= 0.6 is 0 Å². The number of aryl methyl sites for hydroxylation is 1. The summed E-state index contributed by atoms with van der Waals surface area (Å²) >= 11 is 0. The minimum atomic E-state index is 0.265. The van der Waals surface area contributed by atoms with E-state index in [1.165, 1.54) is 32.1 Å². The van der Waals surface area contributed by atoms with Crippen LogP contribution in [-0.4, -0.2) is 44.0 Å². The van der Waals surface area contributed by atoms with E-state index < -0.39 is 0 Å². The second-order valence-electron chi connectivity index (χ2n) is 5.80. The van der Waals surface area contributed by atoms with Crippen LogP contribution in [0.5, 0.6) is 0 Å². The van der Waals surface area contributed by atoms with E-state index in [0.717, 1.165) is 44.1 Å². The lowest BCUT2D eigenvalue weighted by Gasteiger charge is -2.28. The second-order valence-corrected chi connectivity index (χ2v) is 5.80. The first kappa shape index (κ1) is 13.1. The monoisotopic (exact) mass is 264 g/mol. The number of aliphatic hydroxyl groups is 1. The van der Waals surface area contributed by atoms with Gasteiger partial charge < -0.3 is 9.67 Å². The highest BCUT2D eigenvalue weighted by molar-refractivity contribution is 4.99. The van der Waals surface area contributed by atoms with Crippen molar-refractivity contribution in [3.63, 3.8) is 0 Å². The lowest BCUT2D eigenvalue weighted by molar-refractivity contribution is 0.114. The number of nitrogens with zero attached hydrogens (tertiary/aromatic N) is 4. The summed E-state index contributed by atoms with van der Waals surface area (Å²) < 4.78 is 2.29. The van der Waals surface area contributed by atoms with Crippen LogP contribution in [0.2, 0.25) is 0 Å². The van der Waals surface area contributed by atoms with Gasteiger partial charge in [-0.05, 0) is 32.2 Å². The molecule has 5 nitrogen and oxygen atoms in total. The van der Waals surface area contributed by atoms with Gasteiger partial charge in [0.1, 0.15) is 11.6 Å². The van der Waals surface area contributed by atoms with Gasteiger partial charge in [0.05, 0.1) is 13.2 Å². The average Bonchev–Trinajstić information content (AvgIpc) is 2.71. The predicted molar refractivity (Wildman–Crippen MR) is 72.7 cm³/mol. The Morgan fingerprint density at radius 2 is 1.95 bits per heavy atom.